The molecule has 112 valence electrons. The van der Waals surface area contributed by atoms with Crippen molar-refractivity contribution in [2.75, 3.05) is 5.75 Å². The molecule has 1 aromatic carbocycles. The molecule has 0 unspecified atom stereocenters. The summed E-state index contributed by atoms with van der Waals surface area (Å²) in [5.74, 6) is 0.847. The lowest BCUT2D eigenvalue weighted by Gasteiger charge is -2.21. The first-order valence-corrected chi connectivity index (χ1v) is 7.96. The van der Waals surface area contributed by atoms with Crippen molar-refractivity contribution in [2.24, 2.45) is 5.92 Å². The van der Waals surface area contributed by atoms with E-state index in [1.807, 2.05) is 18.2 Å². The zero-order valence-electron chi connectivity index (χ0n) is 12.2. The number of nitrogens with one attached hydrogen (secondary N) is 2. The molecule has 2 N–H and O–H groups in total. The van der Waals surface area contributed by atoms with Gasteiger partial charge in [-0.15, -0.1) is 0 Å². The van der Waals surface area contributed by atoms with Gasteiger partial charge in [0.05, 0.1) is 11.8 Å². The Morgan fingerprint density at radius 2 is 2.10 bits per heavy atom. The largest absolute Gasteiger partial charge is 0.349 e. The number of carbonyl (C=O) groups is 1. The number of aromatic nitrogens is 3. The minimum absolute atomic E-state index is 0.00547. The van der Waals surface area contributed by atoms with Gasteiger partial charge < -0.3 is 5.32 Å². The summed E-state index contributed by atoms with van der Waals surface area (Å²) in [6.07, 6.45) is 2.36. The van der Waals surface area contributed by atoms with Crippen LogP contribution in [0.4, 0.5) is 0 Å². The molecule has 0 bridgehead atoms. The van der Waals surface area contributed by atoms with Crippen LogP contribution < -0.4 is 5.32 Å². The van der Waals surface area contributed by atoms with Crippen LogP contribution in [-0.2, 0) is 4.79 Å². The standard InChI is InChI=1S/C15H20N4OS/c1-11(2)8-13(12-6-4-3-5-7-12)18-14(20)9-21-15-16-10-17-19-15/h3-7,10-11,13H,8-9H2,1-2H3,(H,18,20)(H,16,17,19)/t13-/m0/s1. The highest BCUT2D eigenvalue weighted by Crippen LogP contribution is 2.21. The van der Waals surface area contributed by atoms with Gasteiger partial charge in [0.2, 0.25) is 5.91 Å². The number of nitrogens with zero attached hydrogens (tertiary/aromatic N) is 2. The maximum atomic E-state index is 12.1. The lowest BCUT2D eigenvalue weighted by molar-refractivity contribution is -0.119. The van der Waals surface area contributed by atoms with Gasteiger partial charge in [0.25, 0.3) is 0 Å². The second-order valence-corrected chi connectivity index (χ2v) is 6.20. The molecule has 2 aromatic rings. The van der Waals surface area contributed by atoms with Crippen LogP contribution in [0.1, 0.15) is 31.9 Å². The number of hydrogen-bond donors (Lipinski definition) is 2. The SMILES string of the molecule is CC(C)C[C@H](NC(=O)CSc1ncn[nH]1)c1ccccc1. The zero-order chi connectivity index (χ0) is 15.1. The quantitative estimate of drug-likeness (QED) is 0.772. The lowest BCUT2D eigenvalue weighted by Crippen LogP contribution is -2.30. The average molecular weight is 304 g/mol. The van der Waals surface area contributed by atoms with Crippen LogP contribution in [-0.4, -0.2) is 26.8 Å². The van der Waals surface area contributed by atoms with Crippen LogP contribution in [0.25, 0.3) is 0 Å². The van der Waals surface area contributed by atoms with Crippen molar-refractivity contribution in [2.45, 2.75) is 31.5 Å². The van der Waals surface area contributed by atoms with E-state index in [-0.39, 0.29) is 11.9 Å². The van der Waals surface area contributed by atoms with Crippen molar-refractivity contribution in [3.05, 3.63) is 42.2 Å². The fourth-order valence-electron chi connectivity index (χ4n) is 2.07. The summed E-state index contributed by atoms with van der Waals surface area (Å²) in [5.41, 5.74) is 1.14. The first-order chi connectivity index (χ1) is 10.1. The van der Waals surface area contributed by atoms with Crippen LogP contribution in [0.5, 0.6) is 0 Å². The van der Waals surface area contributed by atoms with Crippen molar-refractivity contribution >= 4 is 17.7 Å². The van der Waals surface area contributed by atoms with Crippen LogP contribution in [0.15, 0.2) is 41.8 Å². The van der Waals surface area contributed by atoms with Gasteiger partial charge >= 0.3 is 0 Å². The fourth-order valence-corrected chi connectivity index (χ4v) is 2.66. The van der Waals surface area contributed by atoms with Crippen LogP contribution in [0, 0.1) is 5.92 Å². The average Bonchev–Trinajstić information content (AvgIpc) is 2.98. The lowest BCUT2D eigenvalue weighted by atomic mass is 9.97. The van der Waals surface area contributed by atoms with Gasteiger partial charge in [-0.25, -0.2) is 4.98 Å². The summed E-state index contributed by atoms with van der Waals surface area (Å²) in [6, 6.07) is 10.1. The molecule has 1 amide bonds. The monoisotopic (exact) mass is 304 g/mol. The first-order valence-electron chi connectivity index (χ1n) is 6.97. The molecule has 0 aliphatic carbocycles. The van der Waals surface area contributed by atoms with Crippen molar-refractivity contribution in [1.29, 1.82) is 0 Å². The molecule has 6 heteroatoms. The highest BCUT2D eigenvalue weighted by molar-refractivity contribution is 7.99. The van der Waals surface area contributed by atoms with E-state index in [2.05, 4.69) is 46.5 Å². The minimum atomic E-state index is 0.00547. The Bertz CT molecular complexity index is 542. The molecule has 0 radical (unpaired) electrons. The number of hydrogen-bond acceptors (Lipinski definition) is 4. The second kappa shape index (κ2) is 7.83. The van der Waals surface area contributed by atoms with E-state index in [1.165, 1.54) is 18.1 Å². The summed E-state index contributed by atoms with van der Waals surface area (Å²) in [5, 5.41) is 10.3. The third kappa shape index (κ3) is 5.23. The Labute approximate surface area is 128 Å². The Morgan fingerprint density at radius 3 is 2.71 bits per heavy atom. The molecule has 1 heterocycles. The Kier molecular flexibility index (Phi) is 5.80. The number of carbonyl (C=O) groups excluding carboxylic acids is 1. The second-order valence-electron chi connectivity index (χ2n) is 5.24. The van der Waals surface area contributed by atoms with E-state index >= 15 is 0 Å². The molecule has 0 aliphatic rings. The molecule has 1 atom stereocenters. The Morgan fingerprint density at radius 1 is 1.33 bits per heavy atom. The van der Waals surface area contributed by atoms with E-state index in [1.54, 1.807) is 0 Å². The van der Waals surface area contributed by atoms with E-state index in [4.69, 9.17) is 0 Å². The summed E-state index contributed by atoms with van der Waals surface area (Å²) >= 11 is 1.35. The van der Waals surface area contributed by atoms with Gasteiger partial charge in [0, 0.05) is 0 Å². The van der Waals surface area contributed by atoms with Gasteiger partial charge in [-0.1, -0.05) is 55.9 Å². The summed E-state index contributed by atoms with van der Waals surface area (Å²) in [4.78, 5) is 16.1. The van der Waals surface area contributed by atoms with Gasteiger partial charge in [-0.05, 0) is 17.9 Å². The smallest absolute Gasteiger partial charge is 0.230 e. The Hall–Kier alpha value is -1.82. The molecule has 0 saturated heterocycles. The highest BCUT2D eigenvalue weighted by Gasteiger charge is 2.16. The topological polar surface area (TPSA) is 70.7 Å². The maximum Gasteiger partial charge on any atom is 0.230 e. The number of H-pyrrole nitrogens is 1. The van der Waals surface area contributed by atoms with Crippen molar-refractivity contribution < 1.29 is 4.79 Å². The molecule has 21 heavy (non-hydrogen) atoms. The number of aromatic amines is 1. The molecular weight excluding hydrogens is 284 g/mol. The first kappa shape index (κ1) is 15.6. The molecule has 0 fully saturated rings. The van der Waals surface area contributed by atoms with Gasteiger partial charge in [0.1, 0.15) is 6.33 Å². The van der Waals surface area contributed by atoms with Gasteiger partial charge in [0.15, 0.2) is 5.16 Å². The highest BCUT2D eigenvalue weighted by atomic mass is 32.2. The maximum absolute atomic E-state index is 12.1. The molecular formula is C15H20N4OS. The Balaban J connectivity index is 1.93. The molecule has 0 spiro atoms. The normalized spacial score (nSPS) is 12.3. The summed E-state index contributed by atoms with van der Waals surface area (Å²) in [7, 11) is 0. The number of rotatable bonds is 7. The molecule has 1 aromatic heterocycles. The third-order valence-corrected chi connectivity index (χ3v) is 3.85. The number of benzene rings is 1. The minimum Gasteiger partial charge on any atom is -0.349 e. The predicted molar refractivity (Wildman–Crippen MR) is 83.9 cm³/mol. The summed E-state index contributed by atoms with van der Waals surface area (Å²) < 4.78 is 0. The van der Waals surface area contributed by atoms with Crippen LogP contribution in [0.2, 0.25) is 0 Å². The molecule has 2 rings (SSSR count). The zero-order valence-corrected chi connectivity index (χ0v) is 13.1. The van der Waals surface area contributed by atoms with Gasteiger partial charge in [-0.2, -0.15) is 5.10 Å². The molecule has 0 saturated carbocycles. The van der Waals surface area contributed by atoms with E-state index < -0.39 is 0 Å². The van der Waals surface area contributed by atoms with Crippen molar-refractivity contribution in [3.63, 3.8) is 0 Å². The van der Waals surface area contributed by atoms with Crippen molar-refractivity contribution in [3.8, 4) is 0 Å². The number of amides is 1. The van der Waals surface area contributed by atoms with Gasteiger partial charge in [-0.3, -0.25) is 9.89 Å². The summed E-state index contributed by atoms with van der Waals surface area (Å²) in [6.45, 7) is 4.32. The molecule has 5 nitrogen and oxygen atoms in total. The van der Waals surface area contributed by atoms with Crippen LogP contribution >= 0.6 is 11.8 Å². The van der Waals surface area contributed by atoms with E-state index in [9.17, 15) is 4.79 Å². The molecule has 0 aliphatic heterocycles. The van der Waals surface area contributed by atoms with E-state index in [0.29, 0.717) is 16.8 Å². The van der Waals surface area contributed by atoms with Crippen molar-refractivity contribution in [1.82, 2.24) is 20.5 Å². The third-order valence-electron chi connectivity index (χ3n) is 2.98. The van der Waals surface area contributed by atoms with E-state index in [0.717, 1.165) is 12.0 Å². The number of thioether (sulfide) groups is 1. The predicted octanol–water partition coefficient (Wildman–Crippen LogP) is 2.80. The van der Waals surface area contributed by atoms with Crippen LogP contribution in [0.3, 0.4) is 0 Å². The fraction of sp³-hybridized carbons (Fsp3) is 0.400.